The van der Waals surface area contributed by atoms with Crippen molar-refractivity contribution in [3.05, 3.63) is 0 Å². The molecule has 142 valence electrons. The molecule has 0 amide bonds. The summed E-state index contributed by atoms with van der Waals surface area (Å²) in [5.41, 5.74) is 0. The highest BCUT2D eigenvalue weighted by Gasteiger charge is 2.53. The van der Waals surface area contributed by atoms with Crippen molar-refractivity contribution in [3.8, 4) is 0 Å². The molecular weight excluding hydrogens is 340 g/mol. The van der Waals surface area contributed by atoms with Crippen molar-refractivity contribution in [2.45, 2.75) is 37.9 Å². The molecule has 0 aromatic rings. The number of fused-ring (bicyclic) bond motifs is 5. The molecule has 0 saturated carbocycles. The normalized spacial score (nSPS) is 36.9. The smallest absolute Gasteiger partial charge is 0.211 e. The summed E-state index contributed by atoms with van der Waals surface area (Å²) in [6.07, 6.45) is 6.53. The first kappa shape index (κ1) is 17.5. The van der Waals surface area contributed by atoms with Crippen LogP contribution in [0.2, 0.25) is 0 Å². The van der Waals surface area contributed by atoms with Gasteiger partial charge in [-0.3, -0.25) is 4.99 Å². The average Bonchev–Trinajstić information content (AvgIpc) is 3.28. The van der Waals surface area contributed by atoms with Gasteiger partial charge in [-0.1, -0.05) is 0 Å². The van der Waals surface area contributed by atoms with E-state index in [9.17, 15) is 8.42 Å². The van der Waals surface area contributed by atoms with Gasteiger partial charge in [0.25, 0.3) is 0 Å². The zero-order chi connectivity index (χ0) is 17.6. The minimum Gasteiger partial charge on any atom is -0.374 e. The third-order valence-corrected chi connectivity index (χ3v) is 7.86. The molecule has 4 rings (SSSR count). The van der Waals surface area contributed by atoms with E-state index in [2.05, 4.69) is 15.2 Å². The van der Waals surface area contributed by atoms with E-state index in [1.807, 2.05) is 7.05 Å². The molecule has 4 aliphatic heterocycles. The number of nitrogens with zero attached hydrogens (tertiary/aromatic N) is 3. The lowest BCUT2D eigenvalue weighted by Crippen LogP contribution is -2.45. The van der Waals surface area contributed by atoms with E-state index >= 15 is 0 Å². The number of ether oxygens (including phenoxy) is 1. The van der Waals surface area contributed by atoms with Crippen molar-refractivity contribution in [2.75, 3.05) is 46.0 Å². The molecule has 4 aliphatic rings. The molecule has 0 radical (unpaired) electrons. The summed E-state index contributed by atoms with van der Waals surface area (Å²) in [7, 11) is -1.19. The molecule has 4 saturated heterocycles. The van der Waals surface area contributed by atoms with Crippen molar-refractivity contribution in [1.82, 2.24) is 14.5 Å². The highest BCUT2D eigenvalue weighted by atomic mass is 32.2. The summed E-state index contributed by atoms with van der Waals surface area (Å²) < 4.78 is 30.9. The van der Waals surface area contributed by atoms with Gasteiger partial charge in [-0.25, -0.2) is 12.7 Å². The van der Waals surface area contributed by atoms with Crippen molar-refractivity contribution in [3.63, 3.8) is 0 Å². The van der Waals surface area contributed by atoms with Crippen molar-refractivity contribution >= 4 is 16.0 Å². The summed E-state index contributed by atoms with van der Waals surface area (Å²) in [4.78, 5) is 6.89. The second-order valence-electron chi connectivity index (χ2n) is 8.06. The van der Waals surface area contributed by atoms with E-state index in [1.54, 1.807) is 4.31 Å². The van der Waals surface area contributed by atoms with E-state index in [-0.39, 0.29) is 0 Å². The fourth-order valence-electron chi connectivity index (χ4n) is 5.15. The number of likely N-dealkylation sites (tertiary alicyclic amines) is 1. The van der Waals surface area contributed by atoms with Crippen LogP contribution in [0.1, 0.15) is 25.7 Å². The van der Waals surface area contributed by atoms with Gasteiger partial charge in [-0.05, 0) is 31.6 Å². The quantitative estimate of drug-likeness (QED) is 0.573. The second-order valence-corrected chi connectivity index (χ2v) is 10.0. The van der Waals surface area contributed by atoms with E-state index in [0.29, 0.717) is 43.1 Å². The van der Waals surface area contributed by atoms with Gasteiger partial charge in [0.05, 0.1) is 18.5 Å². The molecule has 1 N–H and O–H groups in total. The fourth-order valence-corrected chi connectivity index (χ4v) is 6.02. The number of guanidine groups is 1. The van der Waals surface area contributed by atoms with Gasteiger partial charge in [-0.2, -0.15) is 0 Å². The largest absolute Gasteiger partial charge is 0.374 e. The Labute approximate surface area is 150 Å². The number of nitrogens with one attached hydrogen (secondary N) is 1. The average molecular weight is 371 g/mol. The van der Waals surface area contributed by atoms with Gasteiger partial charge < -0.3 is 15.0 Å². The standard InChI is InChI=1S/C17H30N4O3S/c1-18-17(19-9-12-5-7-21(8-6-12)25(2,22)23)20-10-13-14(11-20)16-4-3-15(13)24-16/h12-16H,3-11H2,1-2H3,(H,18,19). The van der Waals surface area contributed by atoms with Gasteiger partial charge >= 0.3 is 0 Å². The Morgan fingerprint density at radius 1 is 1.12 bits per heavy atom. The predicted octanol–water partition coefficient (Wildman–Crippen LogP) is 0.343. The van der Waals surface area contributed by atoms with E-state index < -0.39 is 10.0 Å². The van der Waals surface area contributed by atoms with E-state index in [1.165, 1.54) is 19.1 Å². The first-order chi connectivity index (χ1) is 12.0. The van der Waals surface area contributed by atoms with Gasteiger partial charge in [-0.15, -0.1) is 0 Å². The van der Waals surface area contributed by atoms with E-state index in [0.717, 1.165) is 38.4 Å². The third kappa shape index (κ3) is 3.40. The van der Waals surface area contributed by atoms with Crippen LogP contribution in [0.3, 0.4) is 0 Å². The monoisotopic (exact) mass is 370 g/mol. The molecule has 2 bridgehead atoms. The maximum atomic E-state index is 11.6. The first-order valence-corrected chi connectivity index (χ1v) is 11.4. The molecule has 4 atom stereocenters. The maximum Gasteiger partial charge on any atom is 0.211 e. The zero-order valence-corrected chi connectivity index (χ0v) is 16.0. The van der Waals surface area contributed by atoms with Crippen LogP contribution in [0.4, 0.5) is 0 Å². The van der Waals surface area contributed by atoms with Gasteiger partial charge in [0.1, 0.15) is 0 Å². The molecule has 7 nitrogen and oxygen atoms in total. The van der Waals surface area contributed by atoms with Crippen LogP contribution in [0.15, 0.2) is 4.99 Å². The molecule has 0 aliphatic carbocycles. The van der Waals surface area contributed by atoms with Crippen molar-refractivity contribution in [2.24, 2.45) is 22.7 Å². The van der Waals surface area contributed by atoms with Crippen molar-refractivity contribution < 1.29 is 13.2 Å². The Kier molecular flexibility index (Phi) is 4.70. The Morgan fingerprint density at radius 3 is 2.24 bits per heavy atom. The zero-order valence-electron chi connectivity index (χ0n) is 15.2. The van der Waals surface area contributed by atoms with E-state index in [4.69, 9.17) is 4.74 Å². The lowest BCUT2D eigenvalue weighted by atomic mass is 9.82. The highest BCUT2D eigenvalue weighted by Crippen LogP contribution is 2.47. The topological polar surface area (TPSA) is 74.2 Å². The highest BCUT2D eigenvalue weighted by molar-refractivity contribution is 7.88. The Hall–Kier alpha value is -0.860. The minimum atomic E-state index is -3.04. The molecule has 4 heterocycles. The molecule has 0 spiro atoms. The van der Waals surface area contributed by atoms with Crippen LogP contribution < -0.4 is 5.32 Å². The summed E-state index contributed by atoms with van der Waals surface area (Å²) in [5, 5.41) is 3.54. The first-order valence-electron chi connectivity index (χ1n) is 9.52. The molecule has 4 unspecified atom stereocenters. The second kappa shape index (κ2) is 6.70. The molecule has 25 heavy (non-hydrogen) atoms. The lowest BCUT2D eigenvalue weighted by molar-refractivity contribution is 0.0766. The lowest BCUT2D eigenvalue weighted by Gasteiger charge is -2.31. The number of sulfonamides is 1. The van der Waals surface area contributed by atoms with Crippen LogP contribution >= 0.6 is 0 Å². The number of aliphatic imine (C=N–C) groups is 1. The van der Waals surface area contributed by atoms with Crippen LogP contribution in [0.25, 0.3) is 0 Å². The van der Waals surface area contributed by atoms with Gasteiger partial charge in [0.2, 0.25) is 10.0 Å². The molecule has 0 aromatic heterocycles. The summed E-state index contributed by atoms with van der Waals surface area (Å²) in [6.45, 7) is 4.26. The summed E-state index contributed by atoms with van der Waals surface area (Å²) in [6, 6.07) is 0. The molecule has 0 aromatic carbocycles. The number of piperidine rings is 1. The maximum absolute atomic E-state index is 11.6. The Balaban J connectivity index is 1.27. The SMILES string of the molecule is CN=C(NCC1CCN(S(C)(=O)=O)CC1)N1CC2C3CCC(O3)C2C1. The van der Waals surface area contributed by atoms with Gasteiger partial charge in [0, 0.05) is 51.6 Å². The Morgan fingerprint density at radius 2 is 1.72 bits per heavy atom. The minimum absolute atomic E-state index is 0.471. The molecular formula is C17H30N4O3S. The van der Waals surface area contributed by atoms with Crippen LogP contribution in [0, 0.1) is 17.8 Å². The van der Waals surface area contributed by atoms with Gasteiger partial charge in [0.15, 0.2) is 5.96 Å². The van der Waals surface area contributed by atoms with Crippen LogP contribution in [-0.4, -0.2) is 81.8 Å². The molecule has 4 fully saturated rings. The summed E-state index contributed by atoms with van der Waals surface area (Å²) in [5.74, 6) is 2.86. The number of hydrogen-bond acceptors (Lipinski definition) is 4. The van der Waals surface area contributed by atoms with Crippen molar-refractivity contribution in [1.29, 1.82) is 0 Å². The number of rotatable bonds is 3. The van der Waals surface area contributed by atoms with Crippen LogP contribution in [-0.2, 0) is 14.8 Å². The fraction of sp³-hybridized carbons (Fsp3) is 0.941. The third-order valence-electron chi connectivity index (χ3n) is 6.56. The number of hydrogen-bond donors (Lipinski definition) is 1. The predicted molar refractivity (Wildman–Crippen MR) is 97.0 cm³/mol. The van der Waals surface area contributed by atoms with Crippen LogP contribution in [0.5, 0.6) is 0 Å². The molecule has 8 heteroatoms. The summed E-state index contributed by atoms with van der Waals surface area (Å²) >= 11 is 0. The Bertz CT molecular complexity index is 612.